The van der Waals surface area contributed by atoms with Crippen molar-refractivity contribution in [2.24, 2.45) is 0 Å². The zero-order chi connectivity index (χ0) is 21.6. The van der Waals surface area contributed by atoms with E-state index in [1.807, 2.05) is 0 Å². The predicted octanol–water partition coefficient (Wildman–Crippen LogP) is 5.04. The van der Waals surface area contributed by atoms with E-state index in [0.29, 0.717) is 18.6 Å². The van der Waals surface area contributed by atoms with E-state index in [1.165, 1.54) is 0 Å². The fraction of sp³-hybridized carbons (Fsp3) is 0.952. The van der Waals surface area contributed by atoms with Crippen molar-refractivity contribution in [1.82, 2.24) is 0 Å². The Morgan fingerprint density at radius 3 is 1.25 bits per heavy atom. The minimum Gasteiger partial charge on any atom is -0.400 e. The minimum atomic E-state index is -1.65. The zero-order valence-electron chi connectivity index (χ0n) is 19.8. The van der Waals surface area contributed by atoms with Gasteiger partial charge in [0.05, 0.1) is 0 Å². The first kappa shape index (κ1) is 27.9. The van der Waals surface area contributed by atoms with E-state index in [1.54, 1.807) is 28.4 Å². The van der Waals surface area contributed by atoms with E-state index in [0.717, 1.165) is 51.4 Å². The number of hydrogen-bond acceptors (Lipinski definition) is 5. The van der Waals surface area contributed by atoms with Crippen LogP contribution in [0, 0.1) is 0 Å². The van der Waals surface area contributed by atoms with Gasteiger partial charge in [-0.3, -0.25) is 4.79 Å². The van der Waals surface area contributed by atoms with Gasteiger partial charge < -0.3 is 17.7 Å². The zero-order valence-corrected chi connectivity index (χ0v) is 22.1. The van der Waals surface area contributed by atoms with E-state index in [-0.39, 0.29) is 10.1 Å². The van der Waals surface area contributed by atoms with Crippen LogP contribution in [0.3, 0.4) is 0 Å². The molecule has 28 heavy (non-hydrogen) atoms. The summed E-state index contributed by atoms with van der Waals surface area (Å²) in [5.74, 6) is 0.399. The van der Waals surface area contributed by atoms with Gasteiger partial charge in [-0.2, -0.15) is 0 Å². The van der Waals surface area contributed by atoms with Crippen LogP contribution in [0.25, 0.3) is 0 Å². The summed E-state index contributed by atoms with van der Waals surface area (Å²) < 4.78 is 22.4. The summed E-state index contributed by atoms with van der Waals surface area (Å²) in [4.78, 5) is 12.2. The molecule has 2 unspecified atom stereocenters. The summed E-state index contributed by atoms with van der Waals surface area (Å²) in [7, 11) is 3.72. The summed E-state index contributed by atoms with van der Waals surface area (Å²) in [6.45, 7) is 8.93. The summed E-state index contributed by atoms with van der Waals surface area (Å²) in [6.07, 6.45) is 9.73. The lowest BCUT2D eigenvalue weighted by Gasteiger charge is -2.33. The van der Waals surface area contributed by atoms with Crippen LogP contribution in [0.1, 0.15) is 91.9 Å². The molecule has 0 spiro atoms. The summed E-state index contributed by atoms with van der Waals surface area (Å²) in [6, 6.07) is 0. The van der Waals surface area contributed by atoms with Crippen LogP contribution in [-0.4, -0.2) is 52.8 Å². The van der Waals surface area contributed by atoms with E-state index in [4.69, 9.17) is 17.7 Å². The fourth-order valence-corrected chi connectivity index (χ4v) is 8.29. The Morgan fingerprint density at radius 2 is 1.00 bits per heavy atom. The Balaban J connectivity index is 4.14. The van der Waals surface area contributed by atoms with Gasteiger partial charge in [-0.25, -0.2) is 0 Å². The van der Waals surface area contributed by atoms with Crippen molar-refractivity contribution < 1.29 is 22.5 Å². The molecule has 0 aliphatic carbocycles. The summed E-state index contributed by atoms with van der Waals surface area (Å²) >= 11 is 0. The monoisotopic (exact) mass is 434 g/mol. The van der Waals surface area contributed by atoms with Gasteiger partial charge in [0.1, 0.15) is 5.78 Å². The summed E-state index contributed by atoms with van der Waals surface area (Å²) in [5, 5.41) is 0.278. The van der Waals surface area contributed by atoms with Crippen LogP contribution in [0.4, 0.5) is 0 Å². The van der Waals surface area contributed by atoms with Crippen LogP contribution in [0.5, 0.6) is 0 Å². The highest BCUT2D eigenvalue weighted by Gasteiger charge is 2.36. The number of hydrogen-bond donors (Lipinski definition) is 0. The largest absolute Gasteiger partial charge is 0.400 e. The Labute approximate surface area is 177 Å². The smallest absolute Gasteiger partial charge is 0.327 e. The molecule has 0 rings (SSSR count). The molecule has 0 amide bonds. The van der Waals surface area contributed by atoms with E-state index >= 15 is 0 Å². The maximum absolute atomic E-state index is 12.2. The molecule has 0 aromatic carbocycles. The van der Waals surface area contributed by atoms with Crippen molar-refractivity contribution in [1.29, 1.82) is 0 Å². The average Bonchev–Trinajstić information content (AvgIpc) is 2.70. The first-order chi connectivity index (χ1) is 13.3. The van der Waals surface area contributed by atoms with Crippen LogP contribution in [-0.2, 0) is 22.5 Å². The lowest BCUT2D eigenvalue weighted by atomic mass is 9.96. The maximum atomic E-state index is 12.2. The minimum absolute atomic E-state index is 0.139. The van der Waals surface area contributed by atoms with Crippen molar-refractivity contribution in [3.63, 3.8) is 0 Å². The van der Waals surface area contributed by atoms with Crippen LogP contribution < -0.4 is 0 Å². The second-order valence-corrected chi connectivity index (χ2v) is 14.6. The Hall–Kier alpha value is -0.0562. The SMILES string of the molecule is CCC(C)(CCCCC(=O)CCCCC(C)(CC)[SiH](OC)OC)[SiH](OC)OC. The highest BCUT2D eigenvalue weighted by atomic mass is 28.3. The Bertz CT molecular complexity index is 380. The standard InChI is InChI=1S/C21H46O5Si2/c1-9-20(3,27(23-5)24-6)17-13-11-15-19(22)16-12-14-18-21(4,10-2)28(25-7)26-8/h27-28H,9-18H2,1-8H3. The molecule has 0 aromatic rings. The molecule has 168 valence electrons. The number of carbonyl (C=O) groups is 1. The molecule has 0 bridgehead atoms. The summed E-state index contributed by atoms with van der Waals surface area (Å²) in [5.41, 5.74) is 0. The number of rotatable bonds is 18. The molecule has 0 aliphatic rings. The van der Waals surface area contributed by atoms with Crippen LogP contribution in [0.2, 0.25) is 10.1 Å². The maximum Gasteiger partial charge on any atom is 0.327 e. The lowest BCUT2D eigenvalue weighted by Crippen LogP contribution is -2.34. The van der Waals surface area contributed by atoms with Gasteiger partial charge >= 0.3 is 18.6 Å². The van der Waals surface area contributed by atoms with Crippen LogP contribution >= 0.6 is 0 Å². The highest BCUT2D eigenvalue weighted by molar-refractivity contribution is 6.48. The van der Waals surface area contributed by atoms with Gasteiger partial charge in [-0.05, 0) is 38.5 Å². The normalized spacial score (nSPS) is 16.4. The van der Waals surface area contributed by atoms with Gasteiger partial charge in [0.15, 0.2) is 0 Å². The van der Waals surface area contributed by atoms with Crippen molar-refractivity contribution in [2.45, 2.75) is 102 Å². The predicted molar refractivity (Wildman–Crippen MR) is 122 cm³/mol. The quantitative estimate of drug-likeness (QED) is 0.223. The Kier molecular flexibility index (Phi) is 14.8. The fourth-order valence-electron chi connectivity index (χ4n) is 4.08. The van der Waals surface area contributed by atoms with Crippen molar-refractivity contribution in [2.75, 3.05) is 28.4 Å². The van der Waals surface area contributed by atoms with Crippen molar-refractivity contribution in [3.05, 3.63) is 0 Å². The van der Waals surface area contributed by atoms with E-state index in [9.17, 15) is 4.79 Å². The average molecular weight is 435 g/mol. The molecular formula is C21H46O5Si2. The topological polar surface area (TPSA) is 54.0 Å². The molecule has 0 radical (unpaired) electrons. The highest BCUT2D eigenvalue weighted by Crippen LogP contribution is 2.40. The molecular weight excluding hydrogens is 388 g/mol. The first-order valence-electron chi connectivity index (χ1n) is 10.9. The number of carbonyl (C=O) groups excluding carboxylic acids is 1. The number of unbranched alkanes of at least 4 members (excludes halogenated alkanes) is 2. The van der Waals surface area contributed by atoms with Gasteiger partial charge in [0.2, 0.25) is 0 Å². The third kappa shape index (κ3) is 9.18. The molecule has 0 aromatic heterocycles. The Morgan fingerprint density at radius 1 is 0.679 bits per heavy atom. The van der Waals surface area contributed by atoms with Crippen molar-refractivity contribution >= 4 is 24.4 Å². The van der Waals surface area contributed by atoms with Gasteiger partial charge in [-0.1, -0.05) is 40.5 Å². The van der Waals surface area contributed by atoms with E-state index in [2.05, 4.69) is 27.7 Å². The lowest BCUT2D eigenvalue weighted by molar-refractivity contribution is -0.119. The van der Waals surface area contributed by atoms with Gasteiger partial charge in [-0.15, -0.1) is 0 Å². The van der Waals surface area contributed by atoms with Crippen molar-refractivity contribution in [3.8, 4) is 0 Å². The van der Waals surface area contributed by atoms with Crippen LogP contribution in [0.15, 0.2) is 0 Å². The number of Topliss-reactive ketones (excluding diaryl/α,β-unsaturated/α-hetero) is 1. The number of ketones is 1. The molecule has 0 N–H and O–H groups in total. The third-order valence-corrected chi connectivity index (χ3v) is 11.9. The van der Waals surface area contributed by atoms with Gasteiger partial charge in [0, 0.05) is 51.4 Å². The molecule has 0 saturated heterocycles. The molecule has 2 atom stereocenters. The second-order valence-electron chi connectivity index (χ2n) is 8.57. The third-order valence-electron chi connectivity index (χ3n) is 6.52. The molecule has 0 fully saturated rings. The molecule has 5 nitrogen and oxygen atoms in total. The first-order valence-corrected chi connectivity index (χ1v) is 13.9. The second kappa shape index (κ2) is 14.9. The molecule has 7 heteroatoms. The van der Waals surface area contributed by atoms with Gasteiger partial charge in [0.25, 0.3) is 0 Å². The molecule has 0 aliphatic heterocycles. The molecule has 0 saturated carbocycles. The van der Waals surface area contributed by atoms with E-state index < -0.39 is 18.6 Å². The molecule has 0 heterocycles.